The van der Waals surface area contributed by atoms with Crippen molar-refractivity contribution in [3.05, 3.63) is 34.9 Å². The smallest absolute Gasteiger partial charge is 0.226 e. The van der Waals surface area contributed by atoms with Crippen LogP contribution in [-0.4, -0.2) is 47.9 Å². The summed E-state index contributed by atoms with van der Waals surface area (Å²) in [4.78, 5) is 17.9. The molecule has 0 radical (unpaired) electrons. The number of likely N-dealkylation sites (tertiary alicyclic amines) is 2. The zero-order chi connectivity index (χ0) is 18.4. The predicted molar refractivity (Wildman–Crippen MR) is 109 cm³/mol. The van der Waals surface area contributed by atoms with Crippen LogP contribution in [0.5, 0.6) is 0 Å². The van der Waals surface area contributed by atoms with Gasteiger partial charge in [-0.1, -0.05) is 43.0 Å². The van der Waals surface area contributed by atoms with Gasteiger partial charge in [-0.25, -0.2) is 0 Å². The van der Waals surface area contributed by atoms with Crippen molar-refractivity contribution in [1.29, 1.82) is 0 Å². The van der Waals surface area contributed by atoms with Gasteiger partial charge < -0.3 is 4.90 Å². The van der Waals surface area contributed by atoms with E-state index in [9.17, 15) is 4.79 Å². The minimum Gasteiger partial charge on any atom is -0.342 e. The second-order valence-corrected chi connectivity index (χ2v) is 9.79. The Labute approximate surface area is 168 Å². The summed E-state index contributed by atoms with van der Waals surface area (Å²) in [6.07, 6.45) is 9.38. The lowest BCUT2D eigenvalue weighted by molar-refractivity contribution is -0.140. The third-order valence-corrected chi connectivity index (χ3v) is 7.82. The molecule has 2 aliphatic heterocycles. The summed E-state index contributed by atoms with van der Waals surface area (Å²) < 4.78 is 0. The summed E-state index contributed by atoms with van der Waals surface area (Å²) in [7, 11) is 0. The molecule has 2 heterocycles. The van der Waals surface area contributed by atoms with Gasteiger partial charge >= 0.3 is 0 Å². The Kier molecular flexibility index (Phi) is 4.94. The average Bonchev–Trinajstić information content (AvgIpc) is 3.47. The van der Waals surface area contributed by atoms with Gasteiger partial charge in [-0.3, -0.25) is 9.69 Å². The van der Waals surface area contributed by atoms with Gasteiger partial charge in [0, 0.05) is 49.1 Å². The van der Waals surface area contributed by atoms with Gasteiger partial charge in [-0.15, -0.1) is 0 Å². The fraction of sp³-hybridized carbons (Fsp3) is 0.696. The van der Waals surface area contributed by atoms with Crippen LogP contribution in [0, 0.1) is 17.8 Å². The number of hydrogen-bond donors (Lipinski definition) is 0. The highest BCUT2D eigenvalue weighted by molar-refractivity contribution is 6.30. The van der Waals surface area contributed by atoms with Crippen molar-refractivity contribution in [3.63, 3.8) is 0 Å². The quantitative estimate of drug-likeness (QED) is 0.757. The highest BCUT2D eigenvalue weighted by Gasteiger charge is 2.49. The second-order valence-electron chi connectivity index (χ2n) is 9.36. The Morgan fingerprint density at radius 2 is 1.81 bits per heavy atom. The van der Waals surface area contributed by atoms with Crippen molar-refractivity contribution in [2.24, 2.45) is 17.8 Å². The Morgan fingerprint density at radius 1 is 1.04 bits per heavy atom. The minimum absolute atomic E-state index is 0.209. The highest BCUT2D eigenvalue weighted by atomic mass is 35.5. The molecule has 2 saturated carbocycles. The van der Waals surface area contributed by atoms with E-state index in [4.69, 9.17) is 11.6 Å². The Morgan fingerprint density at radius 3 is 2.56 bits per heavy atom. The van der Waals surface area contributed by atoms with E-state index in [2.05, 4.69) is 21.9 Å². The molecule has 4 heteroatoms. The van der Waals surface area contributed by atoms with Gasteiger partial charge in [0.2, 0.25) is 5.91 Å². The summed E-state index contributed by atoms with van der Waals surface area (Å²) in [5.74, 6) is 2.68. The van der Waals surface area contributed by atoms with E-state index >= 15 is 0 Å². The molecule has 5 rings (SSSR count). The van der Waals surface area contributed by atoms with Crippen molar-refractivity contribution < 1.29 is 4.79 Å². The second kappa shape index (κ2) is 7.40. The van der Waals surface area contributed by atoms with Crippen LogP contribution < -0.4 is 0 Å². The van der Waals surface area contributed by atoms with E-state index in [1.807, 2.05) is 12.1 Å². The molecule has 1 aromatic carbocycles. The summed E-state index contributed by atoms with van der Waals surface area (Å²) >= 11 is 5.99. The molecular formula is C23H31ClN2O. The average molecular weight is 387 g/mol. The number of carbonyl (C=O) groups excluding carboxylic acids is 1. The lowest BCUT2D eigenvalue weighted by Crippen LogP contribution is -2.64. The molecule has 0 unspecified atom stereocenters. The van der Waals surface area contributed by atoms with Gasteiger partial charge in [0.25, 0.3) is 0 Å². The molecule has 3 nitrogen and oxygen atoms in total. The lowest BCUT2D eigenvalue weighted by atomic mass is 9.80. The fourth-order valence-electron chi connectivity index (χ4n) is 5.87. The number of rotatable bonds is 4. The Bertz CT molecular complexity index is 684. The number of nitrogens with zero attached hydrogens (tertiary/aromatic N) is 2. The summed E-state index contributed by atoms with van der Waals surface area (Å²) in [5.41, 5.74) is 1.27. The Balaban J connectivity index is 1.11. The molecule has 1 amide bonds. The first-order valence-corrected chi connectivity index (χ1v) is 11.3. The number of amides is 1. The highest BCUT2D eigenvalue weighted by Crippen LogP contribution is 2.49. The van der Waals surface area contributed by atoms with Gasteiger partial charge in [-0.2, -0.15) is 0 Å². The maximum absolute atomic E-state index is 13.0. The predicted octanol–water partition coefficient (Wildman–Crippen LogP) is 4.56. The molecule has 4 fully saturated rings. The first kappa shape index (κ1) is 18.0. The van der Waals surface area contributed by atoms with Crippen molar-refractivity contribution >= 4 is 17.5 Å². The summed E-state index contributed by atoms with van der Waals surface area (Å²) in [5, 5.41) is 0.770. The van der Waals surface area contributed by atoms with Crippen LogP contribution in [0.3, 0.4) is 0 Å². The fourth-order valence-corrected chi connectivity index (χ4v) is 6.00. The number of piperidine rings is 1. The molecule has 4 atom stereocenters. The van der Waals surface area contributed by atoms with Gasteiger partial charge in [-0.05, 0) is 55.2 Å². The van der Waals surface area contributed by atoms with Crippen molar-refractivity contribution in [2.45, 2.75) is 56.9 Å². The largest absolute Gasteiger partial charge is 0.342 e. The molecule has 0 bridgehead atoms. The molecule has 4 aliphatic rings. The third-order valence-electron chi connectivity index (χ3n) is 7.57. The van der Waals surface area contributed by atoms with Crippen LogP contribution in [0.15, 0.2) is 24.3 Å². The minimum atomic E-state index is 0.209. The molecule has 0 aromatic heterocycles. The number of carbonyl (C=O) groups is 1. The van der Waals surface area contributed by atoms with Crippen LogP contribution in [0.25, 0.3) is 0 Å². The molecule has 0 spiro atoms. The zero-order valence-electron chi connectivity index (χ0n) is 16.2. The molecule has 2 saturated heterocycles. The normalized spacial score (nSPS) is 34.0. The lowest BCUT2D eigenvalue weighted by Gasteiger charge is -2.54. The van der Waals surface area contributed by atoms with E-state index in [1.54, 1.807) is 0 Å². The van der Waals surface area contributed by atoms with Crippen LogP contribution in [-0.2, 0) is 4.79 Å². The third kappa shape index (κ3) is 3.65. The molecule has 0 N–H and O–H groups in total. The van der Waals surface area contributed by atoms with Crippen LogP contribution in [0.4, 0.5) is 0 Å². The van der Waals surface area contributed by atoms with Crippen molar-refractivity contribution in [1.82, 2.24) is 9.80 Å². The van der Waals surface area contributed by atoms with Gasteiger partial charge in [0.1, 0.15) is 0 Å². The molecular weight excluding hydrogens is 356 g/mol. The van der Waals surface area contributed by atoms with Crippen LogP contribution >= 0.6 is 11.6 Å². The first-order chi connectivity index (χ1) is 13.2. The number of fused-ring (bicyclic) bond motifs is 1. The van der Waals surface area contributed by atoms with Gasteiger partial charge in [0.15, 0.2) is 0 Å². The zero-order valence-corrected chi connectivity index (χ0v) is 16.9. The maximum atomic E-state index is 13.0. The maximum Gasteiger partial charge on any atom is 0.226 e. The molecule has 2 aliphatic carbocycles. The molecule has 146 valence electrons. The van der Waals surface area contributed by atoms with E-state index in [-0.39, 0.29) is 5.92 Å². The standard InChI is InChI=1S/C23H31ClN2O/c24-19-8-6-17(7-9-19)20-12-21(20)23(27)25-11-10-22-18(14-25)15-26(22)13-16-4-2-1-3-5-16/h6-9,16,18,20-22H,1-5,10-15H2/t18-,20+,21+,22-/m0/s1. The van der Waals surface area contributed by atoms with Gasteiger partial charge in [0.05, 0.1) is 0 Å². The number of hydrogen-bond acceptors (Lipinski definition) is 2. The monoisotopic (exact) mass is 386 g/mol. The number of halogens is 1. The first-order valence-electron chi connectivity index (χ1n) is 11.0. The van der Waals surface area contributed by atoms with Crippen molar-refractivity contribution in [2.75, 3.05) is 26.2 Å². The topological polar surface area (TPSA) is 23.6 Å². The van der Waals surface area contributed by atoms with Crippen molar-refractivity contribution in [3.8, 4) is 0 Å². The SMILES string of the molecule is O=C([C@@H]1C[C@@H]1c1ccc(Cl)cc1)N1CC[C@H]2[C@@H](C1)CN2CC1CCCCC1. The molecule has 27 heavy (non-hydrogen) atoms. The van der Waals surface area contributed by atoms with E-state index in [1.165, 1.54) is 57.2 Å². The Hall–Kier alpha value is -1.06. The summed E-state index contributed by atoms with van der Waals surface area (Å²) in [6.45, 7) is 4.49. The summed E-state index contributed by atoms with van der Waals surface area (Å²) in [6, 6.07) is 8.81. The van der Waals surface area contributed by atoms with E-state index < -0.39 is 0 Å². The van der Waals surface area contributed by atoms with E-state index in [0.29, 0.717) is 11.8 Å². The van der Waals surface area contributed by atoms with Crippen LogP contribution in [0.1, 0.15) is 56.4 Å². The number of benzene rings is 1. The molecule has 1 aromatic rings. The van der Waals surface area contributed by atoms with E-state index in [0.717, 1.165) is 42.4 Å². The van der Waals surface area contributed by atoms with Crippen LogP contribution in [0.2, 0.25) is 5.02 Å².